The molecule has 4 rings (SSSR count). The van der Waals surface area contributed by atoms with Gasteiger partial charge in [0.05, 0.1) is 23.8 Å². The Morgan fingerprint density at radius 1 is 1.24 bits per heavy atom. The highest BCUT2D eigenvalue weighted by Crippen LogP contribution is 2.30. The van der Waals surface area contributed by atoms with Crippen LogP contribution in [0.25, 0.3) is 22.1 Å². The normalized spacial score (nSPS) is 12.2. The van der Waals surface area contributed by atoms with E-state index >= 15 is 0 Å². The lowest BCUT2D eigenvalue weighted by Crippen LogP contribution is -2.24. The van der Waals surface area contributed by atoms with Crippen LogP contribution in [-0.4, -0.2) is 53.7 Å². The van der Waals surface area contributed by atoms with Crippen LogP contribution in [0.1, 0.15) is 25.3 Å². The summed E-state index contributed by atoms with van der Waals surface area (Å²) < 4.78 is 7.82. The molecule has 4 aromatic rings. The lowest BCUT2D eigenvalue weighted by molar-refractivity contribution is -0.142. The van der Waals surface area contributed by atoms with Crippen LogP contribution in [0.4, 0.5) is 5.13 Å². The zero-order valence-electron chi connectivity index (χ0n) is 18.0. The van der Waals surface area contributed by atoms with Gasteiger partial charge >= 0.3 is 5.97 Å². The lowest BCUT2D eigenvalue weighted by Gasteiger charge is -2.11. The van der Waals surface area contributed by atoms with Crippen LogP contribution in [0.3, 0.4) is 0 Å². The largest absolute Gasteiger partial charge is 0.466 e. The van der Waals surface area contributed by atoms with E-state index in [1.807, 2.05) is 36.7 Å². The number of halogens is 1. The van der Waals surface area contributed by atoms with Gasteiger partial charge in [-0.05, 0) is 31.5 Å². The van der Waals surface area contributed by atoms with Crippen molar-refractivity contribution in [3.63, 3.8) is 0 Å². The highest BCUT2D eigenvalue weighted by molar-refractivity contribution is 9.10. The number of carbonyl (C=O) groups is 2. The summed E-state index contributed by atoms with van der Waals surface area (Å²) >= 11 is 5.87. The molecule has 0 aliphatic rings. The Morgan fingerprint density at radius 2 is 2.06 bits per heavy atom. The summed E-state index contributed by atoms with van der Waals surface area (Å²) in [6, 6.07) is 5.95. The van der Waals surface area contributed by atoms with Crippen molar-refractivity contribution >= 4 is 78.1 Å². The zero-order chi connectivity index (χ0) is 23.5. The van der Waals surface area contributed by atoms with E-state index in [2.05, 4.69) is 46.6 Å². The quantitative estimate of drug-likeness (QED) is 0.258. The predicted molar refractivity (Wildman–Crippen MR) is 130 cm³/mol. The fourth-order valence-electron chi connectivity index (χ4n) is 3.21. The van der Waals surface area contributed by atoms with Gasteiger partial charge < -0.3 is 9.30 Å². The van der Waals surface area contributed by atoms with E-state index in [0.29, 0.717) is 39.5 Å². The molecule has 13 heteroatoms. The molecule has 0 bridgehead atoms. The smallest absolute Gasteiger partial charge is 0.312 e. The number of aryl methyl sites for hydroxylation is 1. The van der Waals surface area contributed by atoms with Crippen LogP contribution < -0.4 is 5.32 Å². The maximum Gasteiger partial charge on any atom is 0.312 e. The van der Waals surface area contributed by atoms with Gasteiger partial charge in [-0.1, -0.05) is 46.0 Å². The van der Waals surface area contributed by atoms with E-state index in [-0.39, 0.29) is 18.3 Å². The predicted octanol–water partition coefficient (Wildman–Crippen LogP) is 3.75. The molecule has 172 valence electrons. The van der Waals surface area contributed by atoms with Gasteiger partial charge in [0.2, 0.25) is 16.2 Å². The van der Waals surface area contributed by atoms with Gasteiger partial charge in [-0.25, -0.2) is 4.98 Å². The Morgan fingerprint density at radius 3 is 2.82 bits per heavy atom. The minimum absolute atomic E-state index is 0.0223. The first-order valence-electron chi connectivity index (χ1n) is 10.1. The number of rotatable bonds is 8. The molecule has 3 heterocycles. The number of nitrogens with one attached hydrogen (secondary N) is 1. The van der Waals surface area contributed by atoms with Crippen molar-refractivity contribution in [3.05, 3.63) is 27.7 Å². The number of aromatic nitrogens is 6. The molecule has 0 aliphatic heterocycles. The molecule has 0 saturated carbocycles. The fourth-order valence-corrected chi connectivity index (χ4v) is 5.12. The zero-order valence-corrected chi connectivity index (χ0v) is 21.3. The summed E-state index contributed by atoms with van der Waals surface area (Å²) in [6.07, 6.45) is 0.572. The number of hydrogen-bond donors (Lipinski definition) is 1. The molecule has 0 spiro atoms. The Balaban J connectivity index is 1.48. The minimum atomic E-state index is -0.453. The number of hydrogen-bond acceptors (Lipinski definition) is 10. The van der Waals surface area contributed by atoms with Gasteiger partial charge in [0, 0.05) is 16.9 Å². The number of anilines is 1. The number of ether oxygens (including phenoxy) is 1. The monoisotopic (exact) mass is 549 g/mol. The molecule has 0 radical (unpaired) electrons. The van der Waals surface area contributed by atoms with Crippen LogP contribution in [0.15, 0.2) is 27.8 Å². The van der Waals surface area contributed by atoms with E-state index in [1.165, 1.54) is 11.8 Å². The third-order valence-electron chi connectivity index (χ3n) is 4.75. The van der Waals surface area contributed by atoms with Crippen molar-refractivity contribution in [2.75, 3.05) is 11.9 Å². The van der Waals surface area contributed by atoms with Crippen LogP contribution >= 0.6 is 39.0 Å². The van der Waals surface area contributed by atoms with Crippen molar-refractivity contribution in [3.8, 4) is 0 Å². The Labute approximate surface area is 205 Å². The van der Waals surface area contributed by atoms with Crippen LogP contribution in [0.5, 0.6) is 0 Å². The fraction of sp³-hybridized carbons (Fsp3) is 0.350. The number of fused-ring (bicyclic) bond motifs is 3. The van der Waals surface area contributed by atoms with E-state index in [9.17, 15) is 9.59 Å². The van der Waals surface area contributed by atoms with Gasteiger partial charge in [0.25, 0.3) is 0 Å². The third-order valence-corrected chi connectivity index (χ3v) is 7.30. The first kappa shape index (κ1) is 23.5. The summed E-state index contributed by atoms with van der Waals surface area (Å²) in [4.78, 5) is 29.1. The highest BCUT2D eigenvalue weighted by Gasteiger charge is 2.23. The average Bonchev–Trinajstić information content (AvgIpc) is 3.33. The van der Waals surface area contributed by atoms with Gasteiger partial charge in [-0.2, -0.15) is 0 Å². The summed E-state index contributed by atoms with van der Waals surface area (Å²) in [5.41, 5.74) is 2.40. The highest BCUT2D eigenvalue weighted by atomic mass is 79.9. The van der Waals surface area contributed by atoms with Crippen LogP contribution in [-0.2, 0) is 27.8 Å². The summed E-state index contributed by atoms with van der Waals surface area (Å²) in [6.45, 7) is 3.95. The van der Waals surface area contributed by atoms with Gasteiger partial charge in [-0.15, -0.1) is 20.4 Å². The molecular formula is C20H20BrN7O3S2. The summed E-state index contributed by atoms with van der Waals surface area (Å²) in [5, 5.41) is 21.0. The molecule has 0 aliphatic carbocycles. The van der Waals surface area contributed by atoms with Crippen molar-refractivity contribution < 1.29 is 14.3 Å². The molecular weight excluding hydrogens is 530 g/mol. The molecule has 10 nitrogen and oxygen atoms in total. The molecule has 33 heavy (non-hydrogen) atoms. The van der Waals surface area contributed by atoms with Crippen LogP contribution in [0, 0.1) is 0 Å². The van der Waals surface area contributed by atoms with Crippen molar-refractivity contribution in [2.45, 2.75) is 37.1 Å². The Bertz CT molecular complexity index is 1340. The maximum absolute atomic E-state index is 12.8. The first-order chi connectivity index (χ1) is 15.9. The number of thioether (sulfide) groups is 1. The first-order valence-corrected chi connectivity index (χ1v) is 12.6. The van der Waals surface area contributed by atoms with Crippen molar-refractivity contribution in [1.29, 1.82) is 0 Å². The maximum atomic E-state index is 12.8. The standard InChI is InChI=1S/C20H20BrN7O3S2/c1-4-13(18(30)23-20-26-24-14(33-20)9-15(29)31-5-2)32-19-22-17-16(25-27-19)11-8-10(21)6-7-12(11)28(17)3/h6-8,13H,4-5,9H2,1-3H3,(H,23,26,30)/t13-/m0/s1. The second kappa shape index (κ2) is 10.1. The average molecular weight is 550 g/mol. The van der Waals surface area contributed by atoms with Gasteiger partial charge in [0.15, 0.2) is 5.65 Å². The number of nitrogens with zero attached hydrogens (tertiary/aromatic N) is 6. The molecule has 1 amide bonds. The van der Waals surface area contributed by atoms with Crippen molar-refractivity contribution in [2.24, 2.45) is 7.05 Å². The third kappa shape index (κ3) is 5.14. The number of carbonyl (C=O) groups excluding carboxylic acids is 2. The molecule has 1 N–H and O–H groups in total. The van der Waals surface area contributed by atoms with Crippen molar-refractivity contribution in [1.82, 2.24) is 29.9 Å². The summed E-state index contributed by atoms with van der Waals surface area (Å²) in [5.74, 6) is -0.625. The SMILES string of the molecule is CCOC(=O)Cc1nnc(NC(=O)[C@H](CC)Sc2nnc3c4cc(Br)ccc4n(C)c3n2)s1. The molecule has 1 atom stereocenters. The topological polar surface area (TPSA) is 125 Å². The van der Waals surface area contributed by atoms with E-state index in [0.717, 1.165) is 26.7 Å². The second-order valence-corrected chi connectivity index (χ2v) is 10.1. The molecule has 0 fully saturated rings. The Hall–Kier alpha value is -2.64. The molecule has 3 aromatic heterocycles. The molecule has 0 unspecified atom stereocenters. The number of amides is 1. The number of benzene rings is 1. The van der Waals surface area contributed by atoms with E-state index in [4.69, 9.17) is 4.74 Å². The van der Waals surface area contributed by atoms with Gasteiger partial charge in [-0.3, -0.25) is 14.9 Å². The minimum Gasteiger partial charge on any atom is -0.466 e. The lowest BCUT2D eigenvalue weighted by atomic mass is 10.2. The molecule has 0 saturated heterocycles. The molecule has 1 aromatic carbocycles. The van der Waals surface area contributed by atoms with Gasteiger partial charge in [0.1, 0.15) is 10.5 Å². The van der Waals surface area contributed by atoms with E-state index < -0.39 is 5.25 Å². The van der Waals surface area contributed by atoms with E-state index in [1.54, 1.807) is 6.92 Å². The summed E-state index contributed by atoms with van der Waals surface area (Å²) in [7, 11) is 1.93. The van der Waals surface area contributed by atoms with Crippen LogP contribution in [0.2, 0.25) is 0 Å². The Kier molecular flexibility index (Phi) is 7.20. The number of esters is 1. The second-order valence-electron chi connectivity index (χ2n) is 6.97.